The van der Waals surface area contributed by atoms with Gasteiger partial charge in [0.2, 0.25) is 0 Å². The summed E-state index contributed by atoms with van der Waals surface area (Å²) in [5, 5.41) is 18.3. The van der Waals surface area contributed by atoms with Crippen LogP contribution in [0.15, 0.2) is 97.2 Å². The quantitative estimate of drug-likeness (QED) is 0.0251. The third-order valence-electron chi connectivity index (χ3n) is 7.28. The average molecular weight is 749 g/mol. The van der Waals surface area contributed by atoms with Crippen LogP contribution >= 0.6 is 7.82 Å². The van der Waals surface area contributed by atoms with Crippen molar-refractivity contribution in [3.8, 4) is 0 Å². The fraction of sp³-hybridized carbons (Fsp3) is 0.595. The smallest absolute Gasteiger partial charge is 0.457 e. The fourth-order valence-corrected chi connectivity index (χ4v) is 5.21. The number of aliphatic hydroxyl groups is 2. The normalized spacial score (nSPS) is 15.2. The summed E-state index contributed by atoms with van der Waals surface area (Å²) in [6.07, 6.45) is 46.7. The molecule has 0 spiro atoms. The molecule has 3 atom stereocenters. The van der Waals surface area contributed by atoms with Gasteiger partial charge in [0, 0.05) is 13.0 Å². The van der Waals surface area contributed by atoms with Gasteiger partial charge in [-0.2, -0.15) is 0 Å². The molecule has 9 nitrogen and oxygen atoms in total. The second-order valence-electron chi connectivity index (χ2n) is 12.2. The van der Waals surface area contributed by atoms with E-state index in [2.05, 4.69) is 98.9 Å². The van der Waals surface area contributed by atoms with E-state index in [0.29, 0.717) is 13.0 Å². The van der Waals surface area contributed by atoms with Crippen molar-refractivity contribution in [3.63, 3.8) is 0 Å². The molecule has 52 heavy (non-hydrogen) atoms. The van der Waals surface area contributed by atoms with Gasteiger partial charge in [0.1, 0.15) is 12.2 Å². The molecule has 0 bridgehead atoms. The standard InChI is InChI=1S/C42H69O9P/c1-3-5-7-9-11-13-15-17-18-19-20-21-23-25-27-29-31-33-35-48-38-41(39-50-52(46,47)49-37-40(44)36-43)51-42(45)34-32-30-28-26-24-22-16-14-12-10-8-6-4-2/h5-8,11-14,17-18,20-22,24,28,30,40-41,43-44H,3-4,9-10,15-16,19,23,25-27,29,31-39H2,1-2H3,(H,46,47)/b7-5-,8-6-,13-11-,14-12-,18-17-,21-20-,24-22-,30-28-. The second-order valence-corrected chi connectivity index (χ2v) is 13.6. The Kier molecular flexibility index (Phi) is 36.2. The largest absolute Gasteiger partial charge is 0.472 e. The van der Waals surface area contributed by atoms with Gasteiger partial charge in [0.25, 0.3) is 0 Å². The lowest BCUT2D eigenvalue weighted by atomic mass is 10.1. The summed E-state index contributed by atoms with van der Waals surface area (Å²) in [6.45, 7) is 3.09. The summed E-state index contributed by atoms with van der Waals surface area (Å²) in [5.41, 5.74) is 0. The fourth-order valence-electron chi connectivity index (χ4n) is 4.42. The lowest BCUT2D eigenvalue weighted by Crippen LogP contribution is -2.29. The van der Waals surface area contributed by atoms with Crippen LogP contribution in [0.25, 0.3) is 0 Å². The number of carbonyl (C=O) groups excluding carboxylic acids is 1. The predicted molar refractivity (Wildman–Crippen MR) is 214 cm³/mol. The maximum Gasteiger partial charge on any atom is 0.472 e. The van der Waals surface area contributed by atoms with Gasteiger partial charge in [-0.15, -0.1) is 0 Å². The second kappa shape index (κ2) is 38.1. The molecule has 0 aromatic carbocycles. The highest BCUT2D eigenvalue weighted by atomic mass is 31.2. The van der Waals surface area contributed by atoms with Crippen LogP contribution in [0.4, 0.5) is 0 Å². The van der Waals surface area contributed by atoms with Gasteiger partial charge in [-0.1, -0.05) is 130 Å². The molecule has 3 N–H and O–H groups in total. The highest BCUT2D eigenvalue weighted by molar-refractivity contribution is 7.47. The van der Waals surface area contributed by atoms with Gasteiger partial charge < -0.3 is 24.6 Å². The van der Waals surface area contributed by atoms with Crippen molar-refractivity contribution in [3.05, 3.63) is 97.2 Å². The van der Waals surface area contributed by atoms with Gasteiger partial charge in [0.15, 0.2) is 0 Å². The number of carbonyl (C=O) groups is 1. The predicted octanol–water partition coefficient (Wildman–Crippen LogP) is 10.1. The first-order chi connectivity index (χ1) is 25.3. The van der Waals surface area contributed by atoms with Crippen LogP contribution in [0.5, 0.6) is 0 Å². The third-order valence-corrected chi connectivity index (χ3v) is 8.23. The van der Waals surface area contributed by atoms with E-state index in [1.165, 1.54) is 0 Å². The highest BCUT2D eigenvalue weighted by Crippen LogP contribution is 2.43. The Morgan fingerprint density at radius 3 is 1.56 bits per heavy atom. The van der Waals surface area contributed by atoms with E-state index in [4.69, 9.17) is 23.6 Å². The number of hydrogen-bond acceptors (Lipinski definition) is 8. The van der Waals surface area contributed by atoms with Crippen molar-refractivity contribution in [1.29, 1.82) is 0 Å². The molecule has 0 aliphatic carbocycles. The number of phosphoric acid groups is 1. The number of aliphatic hydroxyl groups excluding tert-OH is 2. The number of allylic oxidation sites excluding steroid dienone is 16. The van der Waals surface area contributed by atoms with Crippen LogP contribution in [-0.4, -0.2) is 66.3 Å². The Morgan fingerprint density at radius 1 is 0.596 bits per heavy atom. The Bertz CT molecular complexity index is 1120. The van der Waals surface area contributed by atoms with Gasteiger partial charge in [0.05, 0.1) is 26.4 Å². The summed E-state index contributed by atoms with van der Waals surface area (Å²) < 4.78 is 33.1. The van der Waals surface area contributed by atoms with Crippen molar-refractivity contribution in [2.75, 3.05) is 33.0 Å². The van der Waals surface area contributed by atoms with Crippen LogP contribution in [0, 0.1) is 0 Å². The number of rotatable bonds is 35. The van der Waals surface area contributed by atoms with E-state index >= 15 is 0 Å². The summed E-state index contributed by atoms with van der Waals surface area (Å²) in [4.78, 5) is 22.4. The number of unbranched alkanes of at least 4 members (excludes halogenated alkanes) is 5. The van der Waals surface area contributed by atoms with E-state index in [-0.39, 0.29) is 13.0 Å². The molecule has 296 valence electrons. The van der Waals surface area contributed by atoms with Crippen molar-refractivity contribution in [2.45, 2.75) is 129 Å². The monoisotopic (exact) mass is 748 g/mol. The molecule has 0 saturated carbocycles. The Morgan fingerprint density at radius 2 is 1.04 bits per heavy atom. The zero-order chi connectivity index (χ0) is 38.2. The third kappa shape index (κ3) is 37.1. The molecular weight excluding hydrogens is 679 g/mol. The average Bonchev–Trinajstić information content (AvgIpc) is 3.13. The van der Waals surface area contributed by atoms with Crippen molar-refractivity contribution in [2.24, 2.45) is 0 Å². The minimum Gasteiger partial charge on any atom is -0.457 e. The van der Waals surface area contributed by atoms with Gasteiger partial charge in [-0.3, -0.25) is 13.8 Å². The summed E-state index contributed by atoms with van der Waals surface area (Å²) in [7, 11) is -4.54. The molecule has 0 amide bonds. The van der Waals surface area contributed by atoms with Gasteiger partial charge >= 0.3 is 13.8 Å². The molecule has 0 heterocycles. The SMILES string of the molecule is CC/C=C\C/C=C\C/C=C\C/C=C\CCCCCCCOCC(COP(=O)(O)OCC(O)CO)OC(=O)CC/C=C\C/C=C\C/C=C\C/C=C\CC. The maximum atomic E-state index is 12.5. The lowest BCUT2D eigenvalue weighted by molar-refractivity contribution is -0.154. The molecule has 0 fully saturated rings. The first-order valence-corrected chi connectivity index (χ1v) is 20.7. The lowest BCUT2D eigenvalue weighted by Gasteiger charge is -2.20. The first-order valence-electron chi connectivity index (χ1n) is 19.2. The molecule has 0 saturated heterocycles. The van der Waals surface area contributed by atoms with E-state index in [0.717, 1.165) is 89.9 Å². The van der Waals surface area contributed by atoms with Gasteiger partial charge in [-0.25, -0.2) is 4.57 Å². The van der Waals surface area contributed by atoms with Crippen LogP contribution in [0.2, 0.25) is 0 Å². The van der Waals surface area contributed by atoms with E-state index in [1.807, 2.05) is 12.2 Å². The molecule has 0 radical (unpaired) electrons. The van der Waals surface area contributed by atoms with Gasteiger partial charge in [-0.05, 0) is 77.0 Å². The van der Waals surface area contributed by atoms with Crippen molar-refractivity contribution >= 4 is 13.8 Å². The summed E-state index contributed by atoms with van der Waals surface area (Å²) in [5.74, 6) is -0.475. The number of ether oxygens (including phenoxy) is 2. The minimum absolute atomic E-state index is 0.000801. The Labute approximate surface area is 315 Å². The van der Waals surface area contributed by atoms with Crippen LogP contribution in [0.1, 0.15) is 117 Å². The maximum absolute atomic E-state index is 12.5. The molecule has 3 unspecified atom stereocenters. The Balaban J connectivity index is 4.38. The van der Waals surface area contributed by atoms with Crippen molar-refractivity contribution in [1.82, 2.24) is 0 Å². The molecule has 10 heteroatoms. The first kappa shape index (κ1) is 49.4. The number of esters is 1. The molecule has 0 rings (SSSR count). The number of phosphoric ester groups is 1. The van der Waals surface area contributed by atoms with Crippen molar-refractivity contribution < 1.29 is 43.0 Å². The molecule has 0 aromatic heterocycles. The highest BCUT2D eigenvalue weighted by Gasteiger charge is 2.26. The summed E-state index contributed by atoms with van der Waals surface area (Å²) in [6, 6.07) is 0. The topological polar surface area (TPSA) is 132 Å². The zero-order valence-electron chi connectivity index (χ0n) is 32.0. The number of hydrogen-bond donors (Lipinski definition) is 3. The zero-order valence-corrected chi connectivity index (χ0v) is 32.9. The summed E-state index contributed by atoms with van der Waals surface area (Å²) >= 11 is 0. The van der Waals surface area contributed by atoms with Crippen LogP contribution in [-0.2, 0) is 27.9 Å². The van der Waals surface area contributed by atoms with Crippen LogP contribution < -0.4 is 0 Å². The van der Waals surface area contributed by atoms with Crippen LogP contribution in [0.3, 0.4) is 0 Å². The molecular formula is C42H69O9P. The molecule has 0 aliphatic rings. The Hall–Kier alpha value is -2.62. The van der Waals surface area contributed by atoms with E-state index in [9.17, 15) is 19.4 Å². The molecule has 0 aliphatic heterocycles. The van der Waals surface area contributed by atoms with E-state index in [1.54, 1.807) is 0 Å². The van der Waals surface area contributed by atoms with E-state index < -0.39 is 45.8 Å². The minimum atomic E-state index is -4.54. The molecule has 0 aromatic rings.